The average molecular weight is 356 g/mol. The van der Waals surface area contributed by atoms with Crippen molar-refractivity contribution in [2.24, 2.45) is 0 Å². The van der Waals surface area contributed by atoms with Gasteiger partial charge in [-0.25, -0.2) is 0 Å². The van der Waals surface area contributed by atoms with Crippen molar-refractivity contribution in [2.45, 2.75) is 0 Å². The summed E-state index contributed by atoms with van der Waals surface area (Å²) in [6.45, 7) is -0.119. The molecule has 0 fully saturated rings. The van der Waals surface area contributed by atoms with E-state index in [4.69, 9.17) is 22.1 Å². The fraction of sp³-hybridized carbons (Fsp3) is 0.0714. The minimum absolute atomic E-state index is 0.119. The molecule has 0 radical (unpaired) electrons. The van der Waals surface area contributed by atoms with Crippen LogP contribution < -0.4 is 15.8 Å². The second kappa shape index (κ2) is 6.63. The minimum Gasteiger partial charge on any atom is -0.484 e. The van der Waals surface area contributed by atoms with E-state index < -0.39 is 0 Å². The van der Waals surface area contributed by atoms with Crippen LogP contribution in [0.3, 0.4) is 0 Å². The van der Waals surface area contributed by atoms with Crippen LogP contribution in [0.4, 0.5) is 11.4 Å². The van der Waals surface area contributed by atoms with Gasteiger partial charge in [0.2, 0.25) is 0 Å². The molecule has 6 heteroatoms. The van der Waals surface area contributed by atoms with Gasteiger partial charge in [0.25, 0.3) is 5.91 Å². The van der Waals surface area contributed by atoms with Crippen LogP contribution in [-0.2, 0) is 4.79 Å². The predicted octanol–water partition coefficient (Wildman–Crippen LogP) is 3.70. The molecule has 0 aliphatic heterocycles. The molecule has 3 N–H and O–H groups in total. The molecule has 0 heterocycles. The molecular formula is C14H12BrClN2O2. The number of hydrogen-bond acceptors (Lipinski definition) is 3. The van der Waals surface area contributed by atoms with E-state index in [0.717, 1.165) is 4.47 Å². The van der Waals surface area contributed by atoms with Gasteiger partial charge in [-0.2, -0.15) is 0 Å². The summed E-state index contributed by atoms with van der Waals surface area (Å²) in [6, 6.07) is 12.1. The van der Waals surface area contributed by atoms with E-state index in [1.54, 1.807) is 42.5 Å². The van der Waals surface area contributed by atoms with Crippen molar-refractivity contribution in [3.8, 4) is 5.75 Å². The first-order valence-electron chi connectivity index (χ1n) is 5.78. The van der Waals surface area contributed by atoms with Gasteiger partial charge in [0.15, 0.2) is 6.61 Å². The zero-order valence-electron chi connectivity index (χ0n) is 10.4. The van der Waals surface area contributed by atoms with Gasteiger partial charge in [-0.3, -0.25) is 4.79 Å². The third-order valence-electron chi connectivity index (χ3n) is 2.43. The Balaban J connectivity index is 1.94. The molecule has 0 saturated carbocycles. The third kappa shape index (κ3) is 4.15. The van der Waals surface area contributed by atoms with Crippen LogP contribution in [0.15, 0.2) is 46.9 Å². The van der Waals surface area contributed by atoms with Crippen molar-refractivity contribution in [3.63, 3.8) is 0 Å². The molecule has 2 rings (SSSR count). The normalized spacial score (nSPS) is 10.1. The maximum Gasteiger partial charge on any atom is 0.262 e. The standard InChI is InChI=1S/C14H12BrClN2O2/c15-9-4-5-12(16)13(6-9)18-14(19)8-20-11-3-1-2-10(17)7-11/h1-7H,8,17H2,(H,18,19). The summed E-state index contributed by atoms with van der Waals surface area (Å²) in [4.78, 5) is 11.8. The van der Waals surface area contributed by atoms with E-state index >= 15 is 0 Å². The Kier molecular flexibility index (Phi) is 4.87. The number of carbonyl (C=O) groups is 1. The number of nitrogen functional groups attached to an aromatic ring is 1. The molecule has 0 aliphatic carbocycles. The first-order valence-corrected chi connectivity index (χ1v) is 6.95. The van der Waals surface area contributed by atoms with Crippen molar-refractivity contribution in [1.82, 2.24) is 0 Å². The first-order chi connectivity index (χ1) is 9.54. The Labute approximate surface area is 130 Å². The molecule has 20 heavy (non-hydrogen) atoms. The number of benzene rings is 2. The highest BCUT2D eigenvalue weighted by atomic mass is 79.9. The highest BCUT2D eigenvalue weighted by Gasteiger charge is 2.07. The summed E-state index contributed by atoms with van der Waals surface area (Å²) >= 11 is 9.30. The number of nitrogens with two attached hydrogens (primary N) is 1. The number of amides is 1. The number of carbonyl (C=O) groups excluding carboxylic acids is 1. The number of ether oxygens (including phenoxy) is 1. The lowest BCUT2D eigenvalue weighted by atomic mass is 10.3. The van der Waals surface area contributed by atoms with Gasteiger partial charge in [-0.15, -0.1) is 0 Å². The largest absolute Gasteiger partial charge is 0.484 e. The number of hydrogen-bond donors (Lipinski definition) is 2. The summed E-state index contributed by atoms with van der Waals surface area (Å²) < 4.78 is 6.17. The van der Waals surface area contributed by atoms with Crippen LogP contribution in [0.1, 0.15) is 0 Å². The summed E-state index contributed by atoms with van der Waals surface area (Å²) in [5.74, 6) is 0.243. The number of rotatable bonds is 4. The molecule has 2 aromatic carbocycles. The summed E-state index contributed by atoms with van der Waals surface area (Å²) in [5, 5.41) is 3.14. The quantitative estimate of drug-likeness (QED) is 0.822. The van der Waals surface area contributed by atoms with Crippen molar-refractivity contribution in [2.75, 3.05) is 17.7 Å². The fourth-order valence-corrected chi connectivity index (χ4v) is 2.06. The van der Waals surface area contributed by atoms with Gasteiger partial charge in [0.1, 0.15) is 5.75 Å². The highest BCUT2D eigenvalue weighted by Crippen LogP contribution is 2.25. The zero-order valence-corrected chi connectivity index (χ0v) is 12.7. The molecule has 0 atom stereocenters. The monoisotopic (exact) mass is 354 g/mol. The van der Waals surface area contributed by atoms with Gasteiger partial charge in [-0.1, -0.05) is 33.6 Å². The molecule has 0 unspecified atom stereocenters. The van der Waals surface area contributed by atoms with Gasteiger partial charge < -0.3 is 15.8 Å². The zero-order chi connectivity index (χ0) is 14.5. The molecule has 0 bridgehead atoms. The van der Waals surface area contributed by atoms with Crippen LogP contribution in [-0.4, -0.2) is 12.5 Å². The Bertz CT molecular complexity index is 634. The Morgan fingerprint density at radius 1 is 1.30 bits per heavy atom. The van der Waals surface area contributed by atoms with Gasteiger partial charge >= 0.3 is 0 Å². The van der Waals surface area contributed by atoms with Crippen LogP contribution >= 0.6 is 27.5 Å². The molecule has 1 amide bonds. The predicted molar refractivity (Wildman–Crippen MR) is 84.1 cm³/mol. The maximum atomic E-state index is 11.8. The molecule has 0 aromatic heterocycles. The Morgan fingerprint density at radius 3 is 2.85 bits per heavy atom. The van der Waals surface area contributed by atoms with Crippen LogP contribution in [0, 0.1) is 0 Å². The number of halogens is 2. The van der Waals surface area contributed by atoms with E-state index in [0.29, 0.717) is 22.1 Å². The lowest BCUT2D eigenvalue weighted by molar-refractivity contribution is -0.118. The maximum absolute atomic E-state index is 11.8. The van der Waals surface area contributed by atoms with Gasteiger partial charge in [-0.05, 0) is 30.3 Å². The number of nitrogens with one attached hydrogen (secondary N) is 1. The second-order valence-electron chi connectivity index (χ2n) is 4.03. The van der Waals surface area contributed by atoms with Gasteiger partial charge in [0, 0.05) is 16.2 Å². The lowest BCUT2D eigenvalue weighted by Crippen LogP contribution is -2.20. The SMILES string of the molecule is Nc1cccc(OCC(=O)Nc2cc(Br)ccc2Cl)c1. The van der Waals surface area contributed by atoms with E-state index in [1.165, 1.54) is 0 Å². The van der Waals surface area contributed by atoms with E-state index in [9.17, 15) is 4.79 Å². The first kappa shape index (κ1) is 14.7. The molecular weight excluding hydrogens is 344 g/mol. The molecule has 0 aliphatic rings. The second-order valence-corrected chi connectivity index (χ2v) is 5.36. The Hall–Kier alpha value is -1.72. The summed E-state index contributed by atoms with van der Waals surface area (Å²) in [6.07, 6.45) is 0. The topological polar surface area (TPSA) is 64.3 Å². The summed E-state index contributed by atoms with van der Waals surface area (Å²) in [7, 11) is 0. The molecule has 4 nitrogen and oxygen atoms in total. The average Bonchev–Trinajstić information content (AvgIpc) is 2.41. The van der Waals surface area contributed by atoms with Crippen molar-refractivity contribution >= 4 is 44.8 Å². The molecule has 0 spiro atoms. The van der Waals surface area contributed by atoms with E-state index in [2.05, 4.69) is 21.2 Å². The van der Waals surface area contributed by atoms with Crippen molar-refractivity contribution in [3.05, 3.63) is 52.0 Å². The third-order valence-corrected chi connectivity index (χ3v) is 3.25. The van der Waals surface area contributed by atoms with Crippen molar-refractivity contribution in [1.29, 1.82) is 0 Å². The van der Waals surface area contributed by atoms with E-state index in [1.807, 2.05) is 0 Å². The molecule has 104 valence electrons. The van der Waals surface area contributed by atoms with E-state index in [-0.39, 0.29) is 12.5 Å². The fourth-order valence-electron chi connectivity index (χ4n) is 1.53. The highest BCUT2D eigenvalue weighted by molar-refractivity contribution is 9.10. The number of anilines is 2. The molecule has 2 aromatic rings. The minimum atomic E-state index is -0.299. The lowest BCUT2D eigenvalue weighted by Gasteiger charge is -2.09. The van der Waals surface area contributed by atoms with Crippen LogP contribution in [0.25, 0.3) is 0 Å². The van der Waals surface area contributed by atoms with Gasteiger partial charge in [0.05, 0.1) is 10.7 Å². The summed E-state index contributed by atoms with van der Waals surface area (Å²) in [5.41, 5.74) is 6.73. The van der Waals surface area contributed by atoms with Crippen LogP contribution in [0.5, 0.6) is 5.75 Å². The van der Waals surface area contributed by atoms with Crippen molar-refractivity contribution < 1.29 is 9.53 Å². The smallest absolute Gasteiger partial charge is 0.262 e. The molecule has 0 saturated heterocycles. The Morgan fingerprint density at radius 2 is 2.10 bits per heavy atom. The van der Waals surface area contributed by atoms with Crippen LogP contribution in [0.2, 0.25) is 5.02 Å².